The second-order valence-corrected chi connectivity index (χ2v) is 5.39. The van der Waals surface area contributed by atoms with Gasteiger partial charge < -0.3 is 5.32 Å². The molecule has 0 radical (unpaired) electrons. The van der Waals surface area contributed by atoms with E-state index < -0.39 is 0 Å². The minimum absolute atomic E-state index is 0.649. The molecular weight excluding hydrogens is 268 g/mol. The van der Waals surface area contributed by atoms with Crippen molar-refractivity contribution in [2.24, 2.45) is 7.05 Å². The van der Waals surface area contributed by atoms with Crippen LogP contribution < -0.4 is 5.32 Å². The maximum atomic E-state index is 5.83. The predicted molar refractivity (Wildman–Crippen MR) is 74.1 cm³/mol. The summed E-state index contributed by atoms with van der Waals surface area (Å²) in [7, 11) is 3.88. The second-order valence-electron chi connectivity index (χ2n) is 3.94. The van der Waals surface area contributed by atoms with Crippen molar-refractivity contribution in [1.29, 1.82) is 0 Å². The Morgan fingerprint density at radius 3 is 2.83 bits per heavy atom. The smallest absolute Gasteiger partial charge is 0.105 e. The third kappa shape index (κ3) is 2.85. The van der Waals surface area contributed by atoms with Crippen LogP contribution in [0.4, 0.5) is 0 Å². The van der Waals surface area contributed by atoms with Crippen LogP contribution in [0.15, 0.2) is 28.4 Å². The van der Waals surface area contributed by atoms with Gasteiger partial charge in [0.15, 0.2) is 0 Å². The van der Waals surface area contributed by atoms with E-state index in [0.717, 1.165) is 22.3 Å². The molecular formula is C12H15ClN4S. The molecule has 0 bridgehead atoms. The van der Waals surface area contributed by atoms with Gasteiger partial charge in [0.25, 0.3) is 0 Å². The van der Waals surface area contributed by atoms with Gasteiger partial charge in [-0.2, -0.15) is 5.10 Å². The molecule has 4 nitrogen and oxygen atoms in total. The third-order valence-electron chi connectivity index (χ3n) is 2.54. The lowest BCUT2D eigenvalue weighted by molar-refractivity contribution is 0.683. The molecule has 2 heterocycles. The highest BCUT2D eigenvalue weighted by Crippen LogP contribution is 2.30. The van der Waals surface area contributed by atoms with Gasteiger partial charge in [0, 0.05) is 25.4 Å². The summed E-state index contributed by atoms with van der Waals surface area (Å²) < 4.78 is 1.89. The van der Waals surface area contributed by atoms with E-state index in [9.17, 15) is 0 Å². The number of pyridine rings is 1. The lowest BCUT2D eigenvalue weighted by atomic mass is 10.3. The lowest BCUT2D eigenvalue weighted by Crippen LogP contribution is -2.06. The van der Waals surface area contributed by atoms with Crippen molar-refractivity contribution in [2.45, 2.75) is 23.5 Å². The maximum Gasteiger partial charge on any atom is 0.105 e. The summed E-state index contributed by atoms with van der Waals surface area (Å²) >= 11 is 7.43. The number of rotatable bonds is 4. The average molecular weight is 283 g/mol. The van der Waals surface area contributed by atoms with Crippen LogP contribution in [0.1, 0.15) is 11.3 Å². The summed E-state index contributed by atoms with van der Waals surface area (Å²) in [6, 6.07) is 3.76. The molecule has 2 rings (SSSR count). The molecule has 0 aliphatic heterocycles. The zero-order chi connectivity index (χ0) is 13.1. The molecule has 18 heavy (non-hydrogen) atoms. The number of aryl methyl sites for hydroxylation is 2. The number of hydrogen-bond donors (Lipinski definition) is 1. The van der Waals surface area contributed by atoms with Crippen molar-refractivity contribution in [1.82, 2.24) is 20.1 Å². The van der Waals surface area contributed by atoms with Crippen LogP contribution in [0.2, 0.25) is 5.02 Å². The normalized spacial score (nSPS) is 10.9. The highest BCUT2D eigenvalue weighted by Gasteiger charge is 2.14. The predicted octanol–water partition coefficient (Wildman–Crippen LogP) is 2.65. The summed E-state index contributed by atoms with van der Waals surface area (Å²) in [5, 5.41) is 10.3. The molecule has 1 N–H and O–H groups in total. The molecule has 0 aliphatic rings. The van der Waals surface area contributed by atoms with Crippen molar-refractivity contribution < 1.29 is 0 Å². The van der Waals surface area contributed by atoms with Crippen LogP contribution in [0.25, 0.3) is 0 Å². The fraction of sp³-hybridized carbons (Fsp3) is 0.333. The first-order valence-corrected chi connectivity index (χ1v) is 6.77. The minimum atomic E-state index is 0.649. The molecule has 0 aliphatic carbocycles. The monoisotopic (exact) mass is 282 g/mol. The summed E-state index contributed by atoms with van der Waals surface area (Å²) in [6.45, 7) is 2.82. The largest absolute Gasteiger partial charge is 0.316 e. The van der Waals surface area contributed by atoms with Crippen molar-refractivity contribution in [2.75, 3.05) is 7.05 Å². The molecule has 2 aromatic rings. The second kappa shape index (κ2) is 5.73. The van der Waals surface area contributed by atoms with Crippen molar-refractivity contribution in [3.63, 3.8) is 0 Å². The Kier molecular flexibility index (Phi) is 4.27. The van der Waals surface area contributed by atoms with Gasteiger partial charge in [-0.3, -0.25) is 4.68 Å². The Morgan fingerprint density at radius 1 is 1.44 bits per heavy atom. The van der Waals surface area contributed by atoms with Gasteiger partial charge in [0.05, 0.1) is 10.7 Å². The van der Waals surface area contributed by atoms with E-state index in [-0.39, 0.29) is 0 Å². The molecule has 0 amide bonds. The average Bonchev–Trinajstić information content (AvgIpc) is 2.59. The van der Waals surface area contributed by atoms with Crippen LogP contribution in [-0.2, 0) is 13.6 Å². The number of halogens is 1. The lowest BCUT2D eigenvalue weighted by Gasteiger charge is -2.05. The van der Waals surface area contributed by atoms with Gasteiger partial charge in [-0.15, -0.1) is 0 Å². The van der Waals surface area contributed by atoms with Crippen LogP contribution >= 0.6 is 23.4 Å². The Hall–Kier alpha value is -1.04. The SMILES string of the molecule is CNCc1c(C)nn(C)c1Sc1ccc(Cl)cn1. The molecule has 0 spiro atoms. The Balaban J connectivity index is 2.30. The van der Waals surface area contributed by atoms with E-state index in [1.165, 1.54) is 5.56 Å². The molecule has 0 atom stereocenters. The van der Waals surface area contributed by atoms with Gasteiger partial charge in [-0.1, -0.05) is 23.4 Å². The Morgan fingerprint density at radius 2 is 2.22 bits per heavy atom. The highest BCUT2D eigenvalue weighted by molar-refractivity contribution is 7.99. The van der Waals surface area contributed by atoms with Crippen molar-refractivity contribution in [3.05, 3.63) is 34.6 Å². The minimum Gasteiger partial charge on any atom is -0.316 e. The van der Waals surface area contributed by atoms with Crippen LogP contribution in [0, 0.1) is 6.92 Å². The zero-order valence-electron chi connectivity index (χ0n) is 10.6. The molecule has 0 fully saturated rings. The van der Waals surface area contributed by atoms with E-state index in [1.807, 2.05) is 37.8 Å². The quantitative estimate of drug-likeness (QED) is 0.936. The fourth-order valence-corrected chi connectivity index (χ4v) is 2.78. The van der Waals surface area contributed by atoms with E-state index >= 15 is 0 Å². The van der Waals surface area contributed by atoms with Gasteiger partial charge in [0.2, 0.25) is 0 Å². The molecule has 2 aromatic heterocycles. The Bertz CT molecular complexity index is 536. The van der Waals surface area contributed by atoms with E-state index in [1.54, 1.807) is 18.0 Å². The topological polar surface area (TPSA) is 42.7 Å². The van der Waals surface area contributed by atoms with Gasteiger partial charge in [0.1, 0.15) is 10.1 Å². The van der Waals surface area contributed by atoms with Crippen molar-refractivity contribution >= 4 is 23.4 Å². The number of nitrogens with zero attached hydrogens (tertiary/aromatic N) is 3. The number of hydrogen-bond acceptors (Lipinski definition) is 4. The summed E-state index contributed by atoms with van der Waals surface area (Å²) in [4.78, 5) is 4.29. The van der Waals surface area contributed by atoms with Gasteiger partial charge >= 0.3 is 0 Å². The first-order chi connectivity index (χ1) is 8.61. The Labute approximate surface area is 116 Å². The first-order valence-electron chi connectivity index (χ1n) is 5.58. The summed E-state index contributed by atoms with van der Waals surface area (Å²) in [5.41, 5.74) is 2.25. The summed E-state index contributed by atoms with van der Waals surface area (Å²) in [5.74, 6) is 0. The van der Waals surface area contributed by atoms with E-state index in [0.29, 0.717) is 5.02 Å². The molecule has 96 valence electrons. The van der Waals surface area contributed by atoms with E-state index in [2.05, 4.69) is 15.4 Å². The van der Waals surface area contributed by atoms with Gasteiger partial charge in [-0.25, -0.2) is 4.98 Å². The molecule has 6 heteroatoms. The molecule has 0 unspecified atom stereocenters. The molecule has 0 saturated carbocycles. The first kappa shape index (κ1) is 13.4. The number of aromatic nitrogens is 3. The van der Waals surface area contributed by atoms with Gasteiger partial charge in [-0.05, 0) is 26.1 Å². The van der Waals surface area contributed by atoms with Crippen LogP contribution in [0.3, 0.4) is 0 Å². The summed E-state index contributed by atoms with van der Waals surface area (Å²) in [6.07, 6.45) is 1.66. The third-order valence-corrected chi connectivity index (χ3v) is 3.92. The maximum absolute atomic E-state index is 5.83. The van der Waals surface area contributed by atoms with Crippen LogP contribution in [-0.4, -0.2) is 21.8 Å². The van der Waals surface area contributed by atoms with Crippen molar-refractivity contribution in [3.8, 4) is 0 Å². The standard InChI is InChI=1S/C12H15ClN4S/c1-8-10(7-14-2)12(17(3)16-8)18-11-5-4-9(13)6-15-11/h4-6,14H,7H2,1-3H3. The van der Waals surface area contributed by atoms with E-state index in [4.69, 9.17) is 11.6 Å². The van der Waals surface area contributed by atoms with Crippen LogP contribution in [0.5, 0.6) is 0 Å². The molecule has 0 saturated heterocycles. The number of nitrogens with one attached hydrogen (secondary N) is 1. The zero-order valence-corrected chi connectivity index (χ0v) is 12.1. The highest BCUT2D eigenvalue weighted by atomic mass is 35.5. The fourth-order valence-electron chi connectivity index (χ4n) is 1.71. The molecule has 0 aromatic carbocycles.